The van der Waals surface area contributed by atoms with Crippen LogP contribution in [-0.4, -0.2) is 41.0 Å². The molecule has 0 saturated carbocycles. The summed E-state index contributed by atoms with van der Waals surface area (Å²) < 4.78 is 5.40. The van der Waals surface area contributed by atoms with Crippen molar-refractivity contribution in [3.8, 4) is 0 Å². The van der Waals surface area contributed by atoms with Crippen molar-refractivity contribution in [2.75, 3.05) is 26.2 Å². The van der Waals surface area contributed by atoms with Gasteiger partial charge in [0.2, 0.25) is 0 Å². The SMILES string of the molecule is CCc1ccc2oc(=O)cc(CN3CCN(Cc4ncccc4C)CC3)c2c1. The number of benzene rings is 1. The number of fused-ring (bicyclic) bond motifs is 1. The molecule has 146 valence electrons. The summed E-state index contributed by atoms with van der Waals surface area (Å²) in [6.45, 7) is 9.94. The molecule has 2 aromatic heterocycles. The van der Waals surface area contributed by atoms with E-state index in [4.69, 9.17) is 4.42 Å². The Kier molecular flexibility index (Phi) is 5.55. The molecule has 1 aliphatic rings. The fraction of sp³-hybridized carbons (Fsp3) is 0.391. The Hall–Kier alpha value is -2.50. The fourth-order valence-electron chi connectivity index (χ4n) is 3.87. The van der Waals surface area contributed by atoms with Crippen molar-refractivity contribution in [3.63, 3.8) is 0 Å². The van der Waals surface area contributed by atoms with Gasteiger partial charge < -0.3 is 4.42 Å². The Morgan fingerprint density at radius 3 is 2.50 bits per heavy atom. The summed E-state index contributed by atoms with van der Waals surface area (Å²) in [5.74, 6) is 0. The molecule has 0 N–H and O–H groups in total. The third kappa shape index (κ3) is 4.16. The lowest BCUT2D eigenvalue weighted by molar-refractivity contribution is 0.121. The van der Waals surface area contributed by atoms with Crippen LogP contribution in [0.2, 0.25) is 0 Å². The molecule has 1 aromatic carbocycles. The highest BCUT2D eigenvalue weighted by atomic mass is 16.4. The minimum atomic E-state index is -0.268. The molecule has 0 radical (unpaired) electrons. The van der Waals surface area contributed by atoms with Crippen LogP contribution < -0.4 is 5.63 Å². The first kappa shape index (κ1) is 18.8. The van der Waals surface area contributed by atoms with E-state index in [1.165, 1.54) is 11.1 Å². The Balaban J connectivity index is 1.45. The standard InChI is InChI=1S/C23H27N3O2/c1-3-18-6-7-22-20(13-18)19(14-23(27)28-22)15-25-9-11-26(12-10-25)16-21-17(2)5-4-8-24-21/h4-8,13-14H,3,9-12,15-16H2,1-2H3. The summed E-state index contributed by atoms with van der Waals surface area (Å²) in [5.41, 5.74) is 5.16. The maximum Gasteiger partial charge on any atom is 0.336 e. The van der Waals surface area contributed by atoms with Gasteiger partial charge in [-0.05, 0) is 48.2 Å². The van der Waals surface area contributed by atoms with Crippen LogP contribution in [0.5, 0.6) is 0 Å². The molecule has 0 unspecified atom stereocenters. The number of aromatic nitrogens is 1. The van der Waals surface area contributed by atoms with Crippen LogP contribution in [0.4, 0.5) is 0 Å². The lowest BCUT2D eigenvalue weighted by Gasteiger charge is -2.34. The first-order valence-electron chi connectivity index (χ1n) is 10.0. The molecular formula is C23H27N3O2. The molecule has 1 aliphatic heterocycles. The number of hydrogen-bond donors (Lipinski definition) is 0. The Bertz CT molecular complexity index is 1020. The van der Waals surface area contributed by atoms with E-state index in [2.05, 4.69) is 40.8 Å². The van der Waals surface area contributed by atoms with E-state index in [0.717, 1.165) is 62.3 Å². The molecule has 0 atom stereocenters. The second-order valence-corrected chi connectivity index (χ2v) is 7.59. The van der Waals surface area contributed by atoms with Crippen molar-refractivity contribution in [3.05, 3.63) is 75.4 Å². The molecule has 28 heavy (non-hydrogen) atoms. The van der Waals surface area contributed by atoms with Crippen molar-refractivity contribution in [1.29, 1.82) is 0 Å². The number of nitrogens with zero attached hydrogens (tertiary/aromatic N) is 3. The van der Waals surface area contributed by atoms with Crippen molar-refractivity contribution >= 4 is 11.0 Å². The van der Waals surface area contributed by atoms with Gasteiger partial charge in [0.25, 0.3) is 0 Å². The molecule has 0 bridgehead atoms. The van der Waals surface area contributed by atoms with Gasteiger partial charge in [0.15, 0.2) is 0 Å². The summed E-state index contributed by atoms with van der Waals surface area (Å²) in [4.78, 5) is 21.4. The van der Waals surface area contributed by atoms with Crippen molar-refractivity contribution in [2.24, 2.45) is 0 Å². The van der Waals surface area contributed by atoms with Gasteiger partial charge >= 0.3 is 5.63 Å². The molecule has 5 nitrogen and oxygen atoms in total. The minimum Gasteiger partial charge on any atom is -0.423 e. The normalized spacial score (nSPS) is 15.9. The maximum atomic E-state index is 12.0. The zero-order valence-electron chi connectivity index (χ0n) is 16.6. The van der Waals surface area contributed by atoms with Gasteiger partial charge in [-0.3, -0.25) is 14.8 Å². The number of rotatable bonds is 5. The summed E-state index contributed by atoms with van der Waals surface area (Å²) in [6, 6.07) is 11.9. The topological polar surface area (TPSA) is 49.6 Å². The van der Waals surface area contributed by atoms with Crippen molar-refractivity contribution in [2.45, 2.75) is 33.4 Å². The highest BCUT2D eigenvalue weighted by Crippen LogP contribution is 2.21. The van der Waals surface area contributed by atoms with E-state index in [-0.39, 0.29) is 5.63 Å². The molecule has 1 saturated heterocycles. The predicted molar refractivity (Wildman–Crippen MR) is 111 cm³/mol. The van der Waals surface area contributed by atoms with Gasteiger partial charge in [-0.1, -0.05) is 19.1 Å². The van der Waals surface area contributed by atoms with Crippen LogP contribution in [0.3, 0.4) is 0 Å². The third-order valence-electron chi connectivity index (χ3n) is 5.65. The Morgan fingerprint density at radius 1 is 1.04 bits per heavy atom. The van der Waals surface area contributed by atoms with E-state index < -0.39 is 0 Å². The van der Waals surface area contributed by atoms with Gasteiger partial charge in [-0.2, -0.15) is 0 Å². The van der Waals surface area contributed by atoms with E-state index >= 15 is 0 Å². The molecule has 3 heterocycles. The first-order chi connectivity index (χ1) is 13.6. The molecule has 3 aromatic rings. The van der Waals surface area contributed by atoms with Gasteiger partial charge in [-0.15, -0.1) is 0 Å². The predicted octanol–water partition coefficient (Wildman–Crippen LogP) is 3.38. The monoisotopic (exact) mass is 377 g/mol. The van der Waals surface area contributed by atoms with Crippen LogP contribution in [-0.2, 0) is 19.5 Å². The second-order valence-electron chi connectivity index (χ2n) is 7.59. The molecule has 5 heteroatoms. The van der Waals surface area contributed by atoms with Crippen LogP contribution in [0.25, 0.3) is 11.0 Å². The van der Waals surface area contributed by atoms with E-state index in [0.29, 0.717) is 5.58 Å². The van der Waals surface area contributed by atoms with Crippen LogP contribution >= 0.6 is 0 Å². The second kappa shape index (κ2) is 8.25. The Labute approximate surface area is 165 Å². The zero-order valence-corrected chi connectivity index (χ0v) is 16.6. The lowest BCUT2D eigenvalue weighted by atomic mass is 10.0. The van der Waals surface area contributed by atoms with Gasteiger partial charge in [0, 0.05) is 56.9 Å². The highest BCUT2D eigenvalue weighted by molar-refractivity contribution is 5.80. The van der Waals surface area contributed by atoms with E-state index in [1.54, 1.807) is 6.07 Å². The first-order valence-corrected chi connectivity index (χ1v) is 10.0. The zero-order chi connectivity index (χ0) is 19.5. The fourth-order valence-corrected chi connectivity index (χ4v) is 3.87. The summed E-state index contributed by atoms with van der Waals surface area (Å²) in [7, 11) is 0. The number of pyridine rings is 1. The average Bonchev–Trinajstić information content (AvgIpc) is 2.71. The summed E-state index contributed by atoms with van der Waals surface area (Å²) >= 11 is 0. The molecule has 0 aliphatic carbocycles. The number of aryl methyl sites for hydroxylation is 2. The van der Waals surface area contributed by atoms with E-state index in [9.17, 15) is 4.79 Å². The Morgan fingerprint density at radius 2 is 1.79 bits per heavy atom. The summed E-state index contributed by atoms with van der Waals surface area (Å²) in [6.07, 6.45) is 2.84. The minimum absolute atomic E-state index is 0.268. The average molecular weight is 377 g/mol. The third-order valence-corrected chi connectivity index (χ3v) is 5.65. The summed E-state index contributed by atoms with van der Waals surface area (Å²) in [5, 5.41) is 1.06. The maximum absolute atomic E-state index is 12.0. The van der Waals surface area contributed by atoms with Gasteiger partial charge in [0.05, 0.1) is 5.69 Å². The van der Waals surface area contributed by atoms with Crippen LogP contribution in [0.15, 0.2) is 51.8 Å². The van der Waals surface area contributed by atoms with Crippen LogP contribution in [0.1, 0.15) is 29.3 Å². The van der Waals surface area contributed by atoms with Gasteiger partial charge in [0.1, 0.15) is 5.58 Å². The van der Waals surface area contributed by atoms with Crippen molar-refractivity contribution in [1.82, 2.24) is 14.8 Å². The van der Waals surface area contributed by atoms with E-state index in [1.807, 2.05) is 24.4 Å². The van der Waals surface area contributed by atoms with Crippen LogP contribution in [0, 0.1) is 6.92 Å². The van der Waals surface area contributed by atoms with Gasteiger partial charge in [-0.25, -0.2) is 4.79 Å². The van der Waals surface area contributed by atoms with Crippen molar-refractivity contribution < 1.29 is 4.42 Å². The highest BCUT2D eigenvalue weighted by Gasteiger charge is 2.19. The molecule has 0 amide bonds. The number of hydrogen-bond acceptors (Lipinski definition) is 5. The molecular weight excluding hydrogens is 350 g/mol. The lowest BCUT2D eigenvalue weighted by Crippen LogP contribution is -2.45. The largest absolute Gasteiger partial charge is 0.423 e. The molecule has 4 rings (SSSR count). The number of piperazine rings is 1. The molecule has 1 fully saturated rings. The molecule has 0 spiro atoms. The smallest absolute Gasteiger partial charge is 0.336 e. The quantitative estimate of drug-likeness (QED) is 0.638.